The van der Waals surface area contributed by atoms with E-state index >= 15 is 0 Å². The number of carbonyl (C=O) groups excluding carboxylic acids is 1. The number of pyridine rings is 1. The van der Waals surface area contributed by atoms with Gasteiger partial charge in [0.2, 0.25) is 5.91 Å². The number of aromatic nitrogens is 1. The third-order valence-corrected chi connectivity index (χ3v) is 5.46. The Morgan fingerprint density at radius 2 is 2.07 bits per heavy atom. The summed E-state index contributed by atoms with van der Waals surface area (Å²) in [5.74, 6) is -0.152. The molecule has 2 aliphatic rings. The van der Waals surface area contributed by atoms with Gasteiger partial charge < -0.3 is 20.6 Å². The summed E-state index contributed by atoms with van der Waals surface area (Å²) in [5, 5.41) is 15.9. The zero-order valence-electron chi connectivity index (χ0n) is 15.4. The van der Waals surface area contributed by atoms with Gasteiger partial charge in [-0.1, -0.05) is 44.0 Å². The summed E-state index contributed by atoms with van der Waals surface area (Å²) in [7, 11) is 0. The molecule has 1 aromatic heterocycles. The molecule has 7 nitrogen and oxygen atoms in total. The van der Waals surface area contributed by atoms with E-state index in [9.17, 15) is 14.7 Å². The molecule has 3 rings (SSSR count). The van der Waals surface area contributed by atoms with Crippen molar-refractivity contribution in [1.82, 2.24) is 15.2 Å². The minimum Gasteiger partial charge on any atom is -0.465 e. The summed E-state index contributed by atoms with van der Waals surface area (Å²) in [6.07, 6.45) is -0.447. The number of amides is 2. The third-order valence-electron chi connectivity index (χ3n) is 4.79. The van der Waals surface area contributed by atoms with Crippen LogP contribution in [0, 0.1) is 5.41 Å². The van der Waals surface area contributed by atoms with Crippen LogP contribution in [0.25, 0.3) is 0 Å². The molecule has 0 aliphatic carbocycles. The number of carboxylic acid groups (broad SMARTS) is 1. The maximum atomic E-state index is 12.4. The summed E-state index contributed by atoms with van der Waals surface area (Å²) < 4.78 is 0. The first kappa shape index (κ1) is 19.9. The molecule has 0 radical (unpaired) electrons. The smallest absolute Gasteiger partial charge is 0.407 e. The highest BCUT2D eigenvalue weighted by molar-refractivity contribution is 6.41. The number of hydrogen-bond acceptors (Lipinski definition) is 4. The van der Waals surface area contributed by atoms with Crippen LogP contribution >= 0.6 is 23.2 Å². The Hall–Kier alpha value is -1.83. The summed E-state index contributed by atoms with van der Waals surface area (Å²) in [4.78, 5) is 29.4. The second-order valence-electron chi connectivity index (χ2n) is 7.86. The van der Waals surface area contributed by atoms with E-state index in [4.69, 9.17) is 23.2 Å². The van der Waals surface area contributed by atoms with Crippen molar-refractivity contribution >= 4 is 40.9 Å². The largest absolute Gasteiger partial charge is 0.465 e. The monoisotopic (exact) mass is 412 g/mol. The molecular weight excluding hydrogens is 391 g/mol. The van der Waals surface area contributed by atoms with Gasteiger partial charge in [-0.15, -0.1) is 0 Å². The zero-order valence-corrected chi connectivity index (χ0v) is 16.9. The van der Waals surface area contributed by atoms with E-state index in [0.29, 0.717) is 37.4 Å². The Morgan fingerprint density at radius 1 is 1.37 bits per heavy atom. The van der Waals surface area contributed by atoms with Crippen LogP contribution in [0.4, 0.5) is 10.5 Å². The Bertz CT molecular complexity index is 833. The topological polar surface area (TPSA) is 94.6 Å². The van der Waals surface area contributed by atoms with Crippen molar-refractivity contribution in [2.24, 2.45) is 5.41 Å². The third kappa shape index (κ3) is 4.20. The van der Waals surface area contributed by atoms with Crippen molar-refractivity contribution in [2.75, 3.05) is 25.0 Å². The fourth-order valence-corrected chi connectivity index (χ4v) is 3.51. The molecule has 9 heteroatoms. The summed E-state index contributed by atoms with van der Waals surface area (Å²) in [6, 6.07) is 1.55. The SMILES string of the molecule is CC(C)(C)C(=O)Nc1cc(Cl)c(Cl)nc1CC1NCC2=C1CN(C(=O)O)C2. The van der Waals surface area contributed by atoms with Gasteiger partial charge in [-0.3, -0.25) is 4.79 Å². The van der Waals surface area contributed by atoms with Crippen LogP contribution in [0.1, 0.15) is 26.5 Å². The molecule has 3 heterocycles. The predicted octanol–water partition coefficient (Wildman–Crippen LogP) is 3.18. The summed E-state index contributed by atoms with van der Waals surface area (Å²) >= 11 is 12.2. The molecule has 146 valence electrons. The van der Waals surface area contributed by atoms with E-state index in [1.165, 1.54) is 4.90 Å². The fraction of sp³-hybridized carbons (Fsp3) is 0.500. The maximum Gasteiger partial charge on any atom is 0.407 e. The van der Waals surface area contributed by atoms with E-state index in [0.717, 1.165) is 11.1 Å². The standard InChI is InChI=1S/C18H22Cl2N4O3/c1-18(2,3)16(25)23-13-4-11(19)15(20)22-14(13)5-12-10-8-24(17(26)27)7-9(10)6-21-12/h4,12,21H,5-8H2,1-3H3,(H,23,25)(H,26,27). The number of nitrogens with one attached hydrogen (secondary N) is 2. The fourth-order valence-electron chi connectivity index (χ4n) is 3.20. The minimum atomic E-state index is -0.922. The van der Waals surface area contributed by atoms with E-state index in [2.05, 4.69) is 15.6 Å². The molecule has 2 aliphatic heterocycles. The van der Waals surface area contributed by atoms with E-state index < -0.39 is 11.5 Å². The highest BCUT2D eigenvalue weighted by Gasteiger charge is 2.35. The van der Waals surface area contributed by atoms with Crippen LogP contribution in [-0.4, -0.2) is 52.7 Å². The van der Waals surface area contributed by atoms with Crippen molar-refractivity contribution in [3.8, 4) is 0 Å². The van der Waals surface area contributed by atoms with Crippen molar-refractivity contribution in [1.29, 1.82) is 0 Å². The lowest BCUT2D eigenvalue weighted by Gasteiger charge is -2.22. The molecule has 2 amide bonds. The van der Waals surface area contributed by atoms with Gasteiger partial charge in [0.05, 0.1) is 16.4 Å². The molecule has 1 unspecified atom stereocenters. The summed E-state index contributed by atoms with van der Waals surface area (Å²) in [5.41, 5.74) is 2.73. The number of rotatable bonds is 3. The van der Waals surface area contributed by atoms with Crippen LogP contribution in [-0.2, 0) is 11.2 Å². The quantitative estimate of drug-likeness (QED) is 0.523. The van der Waals surface area contributed by atoms with Crippen LogP contribution < -0.4 is 10.6 Å². The first-order valence-corrected chi connectivity index (χ1v) is 9.40. The van der Waals surface area contributed by atoms with Gasteiger partial charge in [-0.2, -0.15) is 0 Å². The van der Waals surface area contributed by atoms with Gasteiger partial charge in [0, 0.05) is 37.5 Å². The zero-order chi connectivity index (χ0) is 19.9. The van der Waals surface area contributed by atoms with Crippen molar-refractivity contribution < 1.29 is 14.7 Å². The molecule has 3 N–H and O–H groups in total. The first-order chi connectivity index (χ1) is 12.6. The molecule has 0 saturated carbocycles. The molecule has 1 atom stereocenters. The van der Waals surface area contributed by atoms with Crippen LogP contribution in [0.5, 0.6) is 0 Å². The molecule has 27 heavy (non-hydrogen) atoms. The Kier molecular flexibility index (Phi) is 5.38. The predicted molar refractivity (Wildman–Crippen MR) is 104 cm³/mol. The second-order valence-corrected chi connectivity index (χ2v) is 8.63. The highest BCUT2D eigenvalue weighted by atomic mass is 35.5. The number of halogens is 2. The van der Waals surface area contributed by atoms with Crippen LogP contribution in [0.3, 0.4) is 0 Å². The van der Waals surface area contributed by atoms with E-state index in [-0.39, 0.29) is 22.1 Å². The van der Waals surface area contributed by atoms with Gasteiger partial charge in [-0.25, -0.2) is 9.78 Å². The first-order valence-electron chi connectivity index (χ1n) is 8.64. The lowest BCUT2D eigenvalue weighted by molar-refractivity contribution is -0.123. The lowest BCUT2D eigenvalue weighted by atomic mass is 9.95. The van der Waals surface area contributed by atoms with Gasteiger partial charge in [0.1, 0.15) is 5.15 Å². The molecule has 1 aromatic rings. The molecule has 0 fully saturated rings. The Morgan fingerprint density at radius 3 is 2.70 bits per heavy atom. The van der Waals surface area contributed by atoms with Crippen LogP contribution in [0.15, 0.2) is 17.2 Å². The molecule has 0 saturated heterocycles. The van der Waals surface area contributed by atoms with Gasteiger partial charge in [0.25, 0.3) is 0 Å². The Labute approximate surface area is 167 Å². The number of anilines is 1. The molecule has 0 aromatic carbocycles. The number of carbonyl (C=O) groups is 2. The van der Waals surface area contributed by atoms with Gasteiger partial charge in [0.15, 0.2) is 0 Å². The summed E-state index contributed by atoms with van der Waals surface area (Å²) in [6.45, 7) is 6.92. The second kappa shape index (κ2) is 7.30. The van der Waals surface area contributed by atoms with Crippen molar-refractivity contribution in [2.45, 2.75) is 33.2 Å². The van der Waals surface area contributed by atoms with Gasteiger partial charge in [-0.05, 0) is 17.2 Å². The highest BCUT2D eigenvalue weighted by Crippen LogP contribution is 2.32. The van der Waals surface area contributed by atoms with E-state index in [1.807, 2.05) is 20.8 Å². The van der Waals surface area contributed by atoms with E-state index in [1.54, 1.807) is 6.07 Å². The average molecular weight is 413 g/mol. The number of nitrogens with zero attached hydrogens (tertiary/aromatic N) is 2. The lowest BCUT2D eigenvalue weighted by Crippen LogP contribution is -2.36. The molecular formula is C18H22Cl2N4O3. The molecule has 0 spiro atoms. The Balaban J connectivity index is 1.83. The minimum absolute atomic E-state index is 0.0561. The van der Waals surface area contributed by atoms with Crippen molar-refractivity contribution in [3.63, 3.8) is 0 Å². The van der Waals surface area contributed by atoms with Crippen LogP contribution in [0.2, 0.25) is 10.2 Å². The number of hydrogen-bond donors (Lipinski definition) is 3. The normalized spacial score (nSPS) is 19.4. The molecule has 0 bridgehead atoms. The van der Waals surface area contributed by atoms with Gasteiger partial charge >= 0.3 is 6.09 Å². The maximum absolute atomic E-state index is 12.4. The van der Waals surface area contributed by atoms with Crippen molar-refractivity contribution in [3.05, 3.63) is 33.1 Å². The average Bonchev–Trinajstić information content (AvgIpc) is 3.13.